The van der Waals surface area contributed by atoms with Crippen LogP contribution < -0.4 is 15.2 Å². The molecule has 0 fully saturated rings. The van der Waals surface area contributed by atoms with E-state index in [1.54, 1.807) is 0 Å². The molecule has 0 spiro atoms. The number of rotatable bonds is 0. The van der Waals surface area contributed by atoms with Gasteiger partial charge in [-0.05, 0) is 24.3 Å². The maximum absolute atomic E-state index is 5.39. The Labute approximate surface area is 69.5 Å². The van der Waals surface area contributed by atoms with Crippen LogP contribution in [0.1, 0.15) is 0 Å². The van der Waals surface area contributed by atoms with Crippen molar-refractivity contribution in [3.05, 3.63) is 22.6 Å². The van der Waals surface area contributed by atoms with Crippen molar-refractivity contribution >= 4 is 24.1 Å². The summed E-state index contributed by atoms with van der Waals surface area (Å²) in [7, 11) is 0. The van der Waals surface area contributed by atoms with E-state index in [9.17, 15) is 0 Å². The topological polar surface area (TPSA) is 21.6 Å². The summed E-state index contributed by atoms with van der Waals surface area (Å²) in [4.78, 5) is 4.22. The lowest BCUT2D eigenvalue weighted by molar-refractivity contribution is 0.385. The number of hydrogen-bond donors (Lipinski definition) is 0. The van der Waals surface area contributed by atoms with Crippen LogP contribution in [-0.2, 0) is 0 Å². The predicted octanol–water partition coefficient (Wildman–Crippen LogP) is 0.356. The molecule has 2 heterocycles. The molecule has 1 aromatic carbocycles. The van der Waals surface area contributed by atoms with Gasteiger partial charge in [-0.25, -0.2) is 0 Å². The van der Waals surface area contributed by atoms with Gasteiger partial charge in [0, 0.05) is 16.7 Å². The summed E-state index contributed by atoms with van der Waals surface area (Å²) in [5.41, 5.74) is 1.05. The average molecular weight is 157 g/mol. The molecule has 0 bridgehead atoms. The second kappa shape index (κ2) is 1.97. The van der Waals surface area contributed by atoms with Crippen LogP contribution >= 0.6 is 0 Å². The molecule has 58 valence electrons. The zero-order valence-electron chi connectivity index (χ0n) is 6.45. The molecule has 2 heteroatoms. The SMILES string of the molecule is C1=Nc2ccc3c(c2=C1)=CCO3. The maximum Gasteiger partial charge on any atom is 0.127 e. The summed E-state index contributed by atoms with van der Waals surface area (Å²) in [6.07, 6.45) is 5.95. The molecule has 3 rings (SSSR count). The molecule has 0 unspecified atom stereocenters. The molecule has 0 amide bonds. The largest absolute Gasteiger partial charge is 0.489 e. The van der Waals surface area contributed by atoms with Crippen molar-refractivity contribution in [2.24, 2.45) is 4.99 Å². The standard InChI is InChI=1S/C10H7NO/c1-2-10-8(4-6-12-10)7-3-5-11-9(1)7/h1-5H,6H2. The van der Waals surface area contributed by atoms with Crippen molar-refractivity contribution < 1.29 is 4.74 Å². The molecule has 2 aliphatic heterocycles. The Hall–Kier alpha value is -1.57. The van der Waals surface area contributed by atoms with Crippen molar-refractivity contribution in [1.82, 2.24) is 0 Å². The van der Waals surface area contributed by atoms with E-state index in [0.717, 1.165) is 11.4 Å². The molecule has 0 N–H and O–H groups in total. The monoisotopic (exact) mass is 157 g/mol. The third kappa shape index (κ3) is 0.619. The van der Waals surface area contributed by atoms with Gasteiger partial charge in [-0.2, -0.15) is 0 Å². The van der Waals surface area contributed by atoms with Gasteiger partial charge in [-0.15, -0.1) is 0 Å². The minimum Gasteiger partial charge on any atom is -0.489 e. The average Bonchev–Trinajstić information content (AvgIpc) is 2.71. The Morgan fingerprint density at radius 2 is 2.25 bits per heavy atom. The van der Waals surface area contributed by atoms with Gasteiger partial charge in [0.1, 0.15) is 12.4 Å². The molecular weight excluding hydrogens is 150 g/mol. The van der Waals surface area contributed by atoms with Gasteiger partial charge in [0.05, 0.1) is 5.69 Å². The third-order valence-electron chi connectivity index (χ3n) is 2.21. The van der Waals surface area contributed by atoms with Crippen molar-refractivity contribution in [3.8, 4) is 5.75 Å². The van der Waals surface area contributed by atoms with E-state index < -0.39 is 0 Å². The maximum atomic E-state index is 5.39. The Morgan fingerprint density at radius 3 is 3.25 bits per heavy atom. The quantitative estimate of drug-likeness (QED) is 0.532. The third-order valence-corrected chi connectivity index (χ3v) is 2.21. The number of ether oxygens (including phenoxy) is 1. The zero-order chi connectivity index (χ0) is 7.97. The summed E-state index contributed by atoms with van der Waals surface area (Å²) in [5.74, 6) is 0.982. The Kier molecular flexibility index (Phi) is 0.987. The number of nitrogens with zero attached hydrogens (tertiary/aromatic N) is 1. The van der Waals surface area contributed by atoms with Crippen LogP contribution in [0, 0.1) is 0 Å². The Morgan fingerprint density at radius 1 is 1.25 bits per heavy atom. The summed E-state index contributed by atoms with van der Waals surface area (Å²) >= 11 is 0. The molecule has 0 aromatic heterocycles. The first kappa shape index (κ1) is 6.00. The van der Waals surface area contributed by atoms with E-state index in [-0.39, 0.29) is 0 Å². The highest BCUT2D eigenvalue weighted by Gasteiger charge is 2.08. The van der Waals surface area contributed by atoms with Crippen LogP contribution in [0.2, 0.25) is 0 Å². The van der Waals surface area contributed by atoms with Gasteiger partial charge < -0.3 is 4.74 Å². The fraction of sp³-hybridized carbons (Fsp3) is 0.100. The lowest BCUT2D eigenvalue weighted by Gasteiger charge is -1.96. The van der Waals surface area contributed by atoms with Gasteiger partial charge >= 0.3 is 0 Å². The van der Waals surface area contributed by atoms with Crippen LogP contribution in [0.25, 0.3) is 12.2 Å². The predicted molar refractivity (Wildman–Crippen MR) is 48.3 cm³/mol. The van der Waals surface area contributed by atoms with Gasteiger partial charge in [0.15, 0.2) is 0 Å². The first-order chi connectivity index (χ1) is 5.95. The molecule has 0 radical (unpaired) electrons. The van der Waals surface area contributed by atoms with Crippen LogP contribution in [-0.4, -0.2) is 12.8 Å². The lowest BCUT2D eigenvalue weighted by Crippen LogP contribution is -2.21. The molecule has 12 heavy (non-hydrogen) atoms. The summed E-state index contributed by atoms with van der Waals surface area (Å²) < 4.78 is 5.39. The molecular formula is C10H7NO. The number of hydrogen-bond acceptors (Lipinski definition) is 2. The minimum absolute atomic E-state index is 0.694. The van der Waals surface area contributed by atoms with E-state index in [4.69, 9.17) is 4.74 Å². The first-order valence-electron chi connectivity index (χ1n) is 3.95. The van der Waals surface area contributed by atoms with Gasteiger partial charge in [-0.3, -0.25) is 4.99 Å². The van der Waals surface area contributed by atoms with Gasteiger partial charge in [0.25, 0.3) is 0 Å². The van der Waals surface area contributed by atoms with Crippen LogP contribution in [0.4, 0.5) is 5.69 Å². The molecule has 2 nitrogen and oxygen atoms in total. The second-order valence-corrected chi connectivity index (χ2v) is 2.87. The highest BCUT2D eigenvalue weighted by molar-refractivity contribution is 5.97. The van der Waals surface area contributed by atoms with Crippen molar-refractivity contribution in [3.63, 3.8) is 0 Å². The molecule has 1 aromatic rings. The van der Waals surface area contributed by atoms with E-state index in [2.05, 4.69) is 11.1 Å². The zero-order valence-corrected chi connectivity index (χ0v) is 6.45. The number of benzene rings is 1. The lowest BCUT2D eigenvalue weighted by atomic mass is 10.2. The smallest absolute Gasteiger partial charge is 0.127 e. The molecule has 0 atom stereocenters. The first-order valence-corrected chi connectivity index (χ1v) is 3.95. The number of aliphatic imine (C=N–C) groups is 1. The fourth-order valence-corrected chi connectivity index (χ4v) is 1.64. The summed E-state index contributed by atoms with van der Waals surface area (Å²) in [6.45, 7) is 0.694. The Bertz CT molecular complexity index is 485. The van der Waals surface area contributed by atoms with Crippen molar-refractivity contribution in [2.75, 3.05) is 6.61 Å². The normalized spacial score (nSPS) is 16.0. The van der Waals surface area contributed by atoms with E-state index in [1.807, 2.05) is 24.4 Å². The van der Waals surface area contributed by atoms with E-state index in [1.165, 1.54) is 10.4 Å². The van der Waals surface area contributed by atoms with Gasteiger partial charge in [-0.1, -0.05) is 0 Å². The van der Waals surface area contributed by atoms with Crippen LogP contribution in [0.3, 0.4) is 0 Å². The fourth-order valence-electron chi connectivity index (χ4n) is 1.64. The molecule has 0 aliphatic carbocycles. The summed E-state index contributed by atoms with van der Waals surface area (Å²) in [6, 6.07) is 3.97. The molecule has 2 aliphatic rings. The van der Waals surface area contributed by atoms with Crippen molar-refractivity contribution in [1.29, 1.82) is 0 Å². The van der Waals surface area contributed by atoms with Crippen LogP contribution in [0.15, 0.2) is 17.1 Å². The van der Waals surface area contributed by atoms with Crippen LogP contribution in [0.5, 0.6) is 5.75 Å². The number of fused-ring (bicyclic) bond motifs is 3. The van der Waals surface area contributed by atoms with E-state index >= 15 is 0 Å². The summed E-state index contributed by atoms with van der Waals surface area (Å²) in [5, 5.41) is 2.40. The van der Waals surface area contributed by atoms with Crippen molar-refractivity contribution in [2.45, 2.75) is 0 Å². The van der Waals surface area contributed by atoms with E-state index in [0.29, 0.717) is 6.61 Å². The highest BCUT2D eigenvalue weighted by atomic mass is 16.5. The molecule has 0 saturated heterocycles. The second-order valence-electron chi connectivity index (χ2n) is 2.87. The van der Waals surface area contributed by atoms with Gasteiger partial charge in [0.2, 0.25) is 0 Å². The molecule has 0 saturated carbocycles. The minimum atomic E-state index is 0.694. The Balaban J connectivity index is 2.54. The highest BCUT2D eigenvalue weighted by Crippen LogP contribution is 2.12.